The number of hydrogen-bond acceptors (Lipinski definition) is 5. The summed E-state index contributed by atoms with van der Waals surface area (Å²) >= 11 is 0. The zero-order valence-corrected chi connectivity index (χ0v) is 17.4. The molecule has 1 atom stereocenters. The molecular formula is C20H32ClN3O3. The zero-order valence-electron chi connectivity index (χ0n) is 16.6. The van der Waals surface area contributed by atoms with Gasteiger partial charge in [-0.1, -0.05) is 0 Å². The smallest absolute Gasteiger partial charge is 0.244 e. The summed E-state index contributed by atoms with van der Waals surface area (Å²) in [6.07, 6.45) is 4.51. The number of methoxy groups -OCH3 is 2. The predicted octanol–water partition coefficient (Wildman–Crippen LogP) is 2.55. The second kappa shape index (κ2) is 10.2. The second-order valence-corrected chi connectivity index (χ2v) is 7.24. The summed E-state index contributed by atoms with van der Waals surface area (Å²) in [4.78, 5) is 17.3. The monoisotopic (exact) mass is 397 g/mol. The van der Waals surface area contributed by atoms with Crippen LogP contribution in [0.2, 0.25) is 0 Å². The molecule has 1 aromatic rings. The first-order valence-electron chi connectivity index (χ1n) is 9.59. The quantitative estimate of drug-likeness (QED) is 0.766. The van der Waals surface area contributed by atoms with Gasteiger partial charge in [0.25, 0.3) is 0 Å². The summed E-state index contributed by atoms with van der Waals surface area (Å²) in [5.41, 5.74) is 0.859. The molecule has 2 saturated heterocycles. The van der Waals surface area contributed by atoms with Crippen LogP contribution in [0.3, 0.4) is 0 Å². The van der Waals surface area contributed by atoms with Crippen molar-refractivity contribution in [2.75, 3.05) is 52.3 Å². The van der Waals surface area contributed by atoms with Gasteiger partial charge in [-0.3, -0.25) is 9.69 Å². The lowest BCUT2D eigenvalue weighted by atomic mass is 9.92. The molecule has 1 amide bonds. The first kappa shape index (κ1) is 21.8. The standard InChI is InChI=1S/C20H31N3O3.ClH/c1-21-8-4-15-5-9-22(10-6-15)19-7-11-23(20(19)24)16-12-17(25-2)14-18(13-16)26-3;/h12-15,19,21H,4-11H2,1-3H3;1H. The molecular weight excluding hydrogens is 366 g/mol. The SMILES string of the molecule is CNCCC1CCN(C2CCN(c3cc(OC)cc(OC)c3)C2=O)CC1.Cl. The lowest BCUT2D eigenvalue weighted by Gasteiger charge is -2.35. The number of rotatable bonds is 7. The number of hydrogen-bond donors (Lipinski definition) is 1. The first-order chi connectivity index (χ1) is 12.7. The van der Waals surface area contributed by atoms with Crippen LogP contribution in [-0.2, 0) is 4.79 Å². The highest BCUT2D eigenvalue weighted by Crippen LogP contribution is 2.33. The van der Waals surface area contributed by atoms with Crippen molar-refractivity contribution in [1.29, 1.82) is 0 Å². The summed E-state index contributed by atoms with van der Waals surface area (Å²) in [6, 6.07) is 5.66. The van der Waals surface area contributed by atoms with E-state index in [4.69, 9.17) is 9.47 Å². The van der Waals surface area contributed by atoms with Crippen LogP contribution in [-0.4, -0.2) is 64.3 Å². The third-order valence-electron chi connectivity index (χ3n) is 5.72. The molecule has 1 unspecified atom stereocenters. The number of carbonyl (C=O) groups excluding carboxylic acids is 1. The van der Waals surface area contributed by atoms with E-state index in [9.17, 15) is 4.79 Å². The molecule has 2 aliphatic heterocycles. The Balaban J connectivity index is 0.00000261. The second-order valence-electron chi connectivity index (χ2n) is 7.24. The molecule has 0 aromatic heterocycles. The van der Waals surface area contributed by atoms with Gasteiger partial charge in [0, 0.05) is 24.7 Å². The highest BCUT2D eigenvalue weighted by molar-refractivity contribution is 5.99. The Morgan fingerprint density at radius 3 is 2.22 bits per heavy atom. The minimum absolute atomic E-state index is 0. The number of benzene rings is 1. The molecule has 0 bridgehead atoms. The van der Waals surface area contributed by atoms with Gasteiger partial charge in [0.1, 0.15) is 11.5 Å². The van der Waals surface area contributed by atoms with Crippen molar-refractivity contribution in [2.45, 2.75) is 31.7 Å². The number of piperidine rings is 1. The van der Waals surface area contributed by atoms with E-state index in [0.717, 1.165) is 44.2 Å². The first-order valence-corrected chi connectivity index (χ1v) is 9.59. The molecule has 6 nitrogen and oxygen atoms in total. The Morgan fingerprint density at radius 1 is 1.04 bits per heavy atom. The minimum atomic E-state index is 0. The summed E-state index contributed by atoms with van der Waals surface area (Å²) in [6.45, 7) is 3.89. The highest BCUT2D eigenvalue weighted by atomic mass is 35.5. The third-order valence-corrected chi connectivity index (χ3v) is 5.72. The topological polar surface area (TPSA) is 54.0 Å². The number of amides is 1. The minimum Gasteiger partial charge on any atom is -0.497 e. The number of anilines is 1. The molecule has 27 heavy (non-hydrogen) atoms. The molecule has 7 heteroatoms. The molecule has 3 rings (SSSR count). The predicted molar refractivity (Wildman–Crippen MR) is 110 cm³/mol. The van der Waals surface area contributed by atoms with Gasteiger partial charge >= 0.3 is 0 Å². The summed E-state index contributed by atoms with van der Waals surface area (Å²) in [5.74, 6) is 2.41. The molecule has 1 N–H and O–H groups in total. The molecule has 2 heterocycles. The molecule has 1 aromatic carbocycles. The fraction of sp³-hybridized carbons (Fsp3) is 0.650. The molecule has 2 aliphatic rings. The van der Waals surface area contributed by atoms with Crippen LogP contribution >= 0.6 is 12.4 Å². The van der Waals surface area contributed by atoms with Crippen molar-refractivity contribution in [3.05, 3.63) is 18.2 Å². The largest absolute Gasteiger partial charge is 0.497 e. The fourth-order valence-corrected chi connectivity index (χ4v) is 4.11. The lowest BCUT2D eigenvalue weighted by Crippen LogP contribution is -2.46. The van der Waals surface area contributed by atoms with Gasteiger partial charge in [0.05, 0.1) is 25.9 Å². The van der Waals surface area contributed by atoms with Crippen LogP contribution in [0.5, 0.6) is 11.5 Å². The number of ether oxygens (including phenoxy) is 2. The van der Waals surface area contributed by atoms with Crippen LogP contribution in [0.4, 0.5) is 5.69 Å². The number of nitrogens with one attached hydrogen (secondary N) is 1. The van der Waals surface area contributed by atoms with E-state index in [1.54, 1.807) is 14.2 Å². The molecule has 152 valence electrons. The maximum Gasteiger partial charge on any atom is 0.244 e. The maximum atomic E-state index is 13.1. The van der Waals surface area contributed by atoms with Crippen molar-refractivity contribution >= 4 is 24.0 Å². The molecule has 0 spiro atoms. The van der Waals surface area contributed by atoms with E-state index < -0.39 is 0 Å². The van der Waals surface area contributed by atoms with Crippen molar-refractivity contribution in [2.24, 2.45) is 5.92 Å². The van der Waals surface area contributed by atoms with Gasteiger partial charge < -0.3 is 19.7 Å². The van der Waals surface area contributed by atoms with Crippen molar-refractivity contribution in [1.82, 2.24) is 10.2 Å². The molecule has 0 saturated carbocycles. The summed E-state index contributed by atoms with van der Waals surface area (Å²) in [5, 5.41) is 3.24. The number of nitrogens with zero attached hydrogens (tertiary/aromatic N) is 2. The normalized spacial score (nSPS) is 21.2. The van der Waals surface area contributed by atoms with Gasteiger partial charge in [0.2, 0.25) is 5.91 Å². The van der Waals surface area contributed by atoms with Gasteiger partial charge in [-0.15, -0.1) is 12.4 Å². The molecule has 0 radical (unpaired) electrons. The molecule has 2 fully saturated rings. The van der Waals surface area contributed by atoms with Crippen molar-refractivity contribution in [3.63, 3.8) is 0 Å². The average Bonchev–Trinajstić information content (AvgIpc) is 3.07. The van der Waals surface area contributed by atoms with E-state index in [-0.39, 0.29) is 24.4 Å². The van der Waals surface area contributed by atoms with E-state index in [1.165, 1.54) is 19.3 Å². The summed E-state index contributed by atoms with van der Waals surface area (Å²) < 4.78 is 10.7. The van der Waals surface area contributed by atoms with E-state index in [0.29, 0.717) is 11.5 Å². The average molecular weight is 398 g/mol. The van der Waals surface area contributed by atoms with Gasteiger partial charge in [0.15, 0.2) is 0 Å². The van der Waals surface area contributed by atoms with Crippen LogP contribution in [0.25, 0.3) is 0 Å². The van der Waals surface area contributed by atoms with Crippen molar-refractivity contribution < 1.29 is 14.3 Å². The van der Waals surface area contributed by atoms with Crippen LogP contribution < -0.4 is 19.7 Å². The number of carbonyl (C=O) groups is 1. The third kappa shape index (κ3) is 5.06. The Kier molecular flexibility index (Phi) is 8.20. The lowest BCUT2D eigenvalue weighted by molar-refractivity contribution is -0.122. The van der Waals surface area contributed by atoms with Crippen LogP contribution in [0.15, 0.2) is 18.2 Å². The van der Waals surface area contributed by atoms with Gasteiger partial charge in [-0.25, -0.2) is 0 Å². The Bertz CT molecular complexity index is 598. The van der Waals surface area contributed by atoms with E-state index >= 15 is 0 Å². The fourth-order valence-electron chi connectivity index (χ4n) is 4.11. The van der Waals surface area contributed by atoms with E-state index in [2.05, 4.69) is 10.2 Å². The van der Waals surface area contributed by atoms with Crippen molar-refractivity contribution in [3.8, 4) is 11.5 Å². The molecule has 0 aliphatic carbocycles. The Morgan fingerprint density at radius 2 is 1.67 bits per heavy atom. The summed E-state index contributed by atoms with van der Waals surface area (Å²) in [7, 11) is 5.27. The van der Waals surface area contributed by atoms with Crippen LogP contribution in [0.1, 0.15) is 25.7 Å². The zero-order chi connectivity index (χ0) is 18.5. The Labute approximate surface area is 168 Å². The van der Waals surface area contributed by atoms with Gasteiger partial charge in [-0.2, -0.15) is 0 Å². The van der Waals surface area contributed by atoms with E-state index in [1.807, 2.05) is 30.1 Å². The Hall–Kier alpha value is -1.50. The van der Waals surface area contributed by atoms with Gasteiger partial charge in [-0.05, 0) is 58.3 Å². The highest BCUT2D eigenvalue weighted by Gasteiger charge is 2.38. The maximum absolute atomic E-state index is 13.1. The van der Waals surface area contributed by atoms with Crippen LogP contribution in [0, 0.1) is 5.92 Å². The number of likely N-dealkylation sites (tertiary alicyclic amines) is 1. The number of halogens is 1.